The molecule has 0 unspecified atom stereocenters. The molecule has 0 amide bonds. The molecular weight excluding hydrogens is 448 g/mol. The summed E-state index contributed by atoms with van der Waals surface area (Å²) in [5.74, 6) is 1.78. The summed E-state index contributed by atoms with van der Waals surface area (Å²) in [6, 6.07) is 13.7. The van der Waals surface area contributed by atoms with Crippen LogP contribution >= 0.6 is 24.0 Å². The first-order chi connectivity index (χ1) is 12.2. The average Bonchev–Trinajstić information content (AvgIpc) is 2.64. The third kappa shape index (κ3) is 8.01. The van der Waals surface area contributed by atoms with E-state index in [1.54, 1.807) is 26.3 Å². The van der Waals surface area contributed by atoms with Crippen LogP contribution < -0.4 is 15.4 Å². The topological polar surface area (TPSA) is 54.9 Å². The number of ether oxygens (including phenoxy) is 2. The molecule has 5 nitrogen and oxygen atoms in total. The van der Waals surface area contributed by atoms with Gasteiger partial charge in [-0.25, -0.2) is 4.39 Å². The minimum Gasteiger partial charge on any atom is -0.457 e. The molecule has 2 N–H and O–H groups in total. The Morgan fingerprint density at radius 3 is 2.19 bits per heavy atom. The lowest BCUT2D eigenvalue weighted by molar-refractivity contribution is 0.195. The van der Waals surface area contributed by atoms with Crippen LogP contribution in [0.25, 0.3) is 0 Å². The van der Waals surface area contributed by atoms with Gasteiger partial charge in [0.2, 0.25) is 0 Å². The van der Waals surface area contributed by atoms with Gasteiger partial charge in [0.05, 0.1) is 0 Å². The zero-order chi connectivity index (χ0) is 17.9. The van der Waals surface area contributed by atoms with Crippen molar-refractivity contribution in [3.8, 4) is 11.5 Å². The fourth-order valence-corrected chi connectivity index (χ4v) is 2.14. The van der Waals surface area contributed by atoms with E-state index in [2.05, 4.69) is 15.6 Å². The standard InChI is InChI=1S/C19H24FN3O2.HI/c1-21-19(22-12-3-13-24-2)23-14-15-4-8-17(9-5-15)25-18-10-6-16(20)7-11-18;/h4-11H,3,12-14H2,1-2H3,(H2,21,22,23);1H. The highest BCUT2D eigenvalue weighted by Crippen LogP contribution is 2.21. The molecule has 0 aliphatic heterocycles. The van der Waals surface area contributed by atoms with Crippen LogP contribution in [0.2, 0.25) is 0 Å². The van der Waals surface area contributed by atoms with Gasteiger partial charge in [0, 0.05) is 33.9 Å². The SMILES string of the molecule is CN=C(NCCCOC)NCc1ccc(Oc2ccc(F)cc2)cc1.I. The van der Waals surface area contributed by atoms with Gasteiger partial charge in [-0.2, -0.15) is 0 Å². The van der Waals surface area contributed by atoms with Crippen LogP contribution in [0.15, 0.2) is 53.5 Å². The zero-order valence-corrected chi connectivity index (χ0v) is 17.3. The van der Waals surface area contributed by atoms with Gasteiger partial charge in [0.25, 0.3) is 0 Å². The molecule has 2 rings (SSSR count). The maximum absolute atomic E-state index is 12.9. The van der Waals surface area contributed by atoms with Crippen LogP contribution in [0.3, 0.4) is 0 Å². The second kappa shape index (κ2) is 12.5. The summed E-state index contributed by atoms with van der Waals surface area (Å²) < 4.78 is 23.6. The molecule has 2 aromatic carbocycles. The number of methoxy groups -OCH3 is 1. The van der Waals surface area contributed by atoms with Gasteiger partial charge in [-0.15, -0.1) is 24.0 Å². The van der Waals surface area contributed by atoms with E-state index >= 15 is 0 Å². The Balaban J connectivity index is 0.00000338. The van der Waals surface area contributed by atoms with Crippen LogP contribution in [0.1, 0.15) is 12.0 Å². The largest absolute Gasteiger partial charge is 0.457 e. The van der Waals surface area contributed by atoms with Gasteiger partial charge in [-0.1, -0.05) is 12.1 Å². The predicted octanol–water partition coefficient (Wildman–Crippen LogP) is 3.94. The fraction of sp³-hybridized carbons (Fsp3) is 0.316. The number of rotatable bonds is 8. The van der Waals surface area contributed by atoms with Crippen LogP contribution in [-0.2, 0) is 11.3 Å². The Labute approximate surface area is 171 Å². The first kappa shape index (κ1) is 22.2. The normalized spacial score (nSPS) is 10.8. The summed E-state index contributed by atoms with van der Waals surface area (Å²) in [5, 5.41) is 6.48. The van der Waals surface area contributed by atoms with E-state index in [0.717, 1.165) is 31.1 Å². The maximum Gasteiger partial charge on any atom is 0.191 e. The van der Waals surface area contributed by atoms with Crippen molar-refractivity contribution in [1.29, 1.82) is 0 Å². The third-order valence-corrected chi connectivity index (χ3v) is 3.47. The highest BCUT2D eigenvalue weighted by molar-refractivity contribution is 14.0. The first-order valence-electron chi connectivity index (χ1n) is 8.17. The van der Waals surface area contributed by atoms with E-state index < -0.39 is 0 Å². The lowest BCUT2D eigenvalue weighted by Crippen LogP contribution is -2.37. The Bertz CT molecular complexity index is 663. The monoisotopic (exact) mass is 473 g/mol. The number of nitrogens with one attached hydrogen (secondary N) is 2. The maximum atomic E-state index is 12.9. The van der Waals surface area contributed by atoms with Crippen molar-refractivity contribution < 1.29 is 13.9 Å². The van der Waals surface area contributed by atoms with Crippen molar-refractivity contribution in [2.45, 2.75) is 13.0 Å². The third-order valence-electron chi connectivity index (χ3n) is 3.47. The second-order valence-electron chi connectivity index (χ2n) is 5.40. The first-order valence-corrected chi connectivity index (χ1v) is 8.17. The van der Waals surface area contributed by atoms with Crippen LogP contribution in [0, 0.1) is 5.82 Å². The van der Waals surface area contributed by atoms with Gasteiger partial charge < -0.3 is 20.1 Å². The molecule has 0 heterocycles. The van der Waals surface area contributed by atoms with E-state index in [9.17, 15) is 4.39 Å². The fourth-order valence-electron chi connectivity index (χ4n) is 2.14. The van der Waals surface area contributed by atoms with Gasteiger partial charge >= 0.3 is 0 Å². The number of nitrogens with zero attached hydrogens (tertiary/aromatic N) is 1. The average molecular weight is 473 g/mol. The molecule has 0 saturated carbocycles. The van der Waals surface area contributed by atoms with Crippen molar-refractivity contribution in [2.24, 2.45) is 4.99 Å². The van der Waals surface area contributed by atoms with Gasteiger partial charge in [0.15, 0.2) is 5.96 Å². The van der Waals surface area contributed by atoms with Crippen molar-refractivity contribution in [2.75, 3.05) is 27.3 Å². The van der Waals surface area contributed by atoms with Crippen molar-refractivity contribution >= 4 is 29.9 Å². The number of aliphatic imine (C=N–C) groups is 1. The Hall–Kier alpha value is -1.87. The molecule has 0 atom stereocenters. The number of hydrogen-bond acceptors (Lipinski definition) is 3. The summed E-state index contributed by atoms with van der Waals surface area (Å²) in [5.41, 5.74) is 1.10. The van der Waals surface area contributed by atoms with Crippen LogP contribution in [0.5, 0.6) is 11.5 Å². The number of benzene rings is 2. The zero-order valence-electron chi connectivity index (χ0n) is 15.0. The number of halogens is 2. The molecule has 26 heavy (non-hydrogen) atoms. The van der Waals surface area contributed by atoms with Crippen molar-refractivity contribution in [3.63, 3.8) is 0 Å². The molecule has 142 valence electrons. The number of hydrogen-bond donors (Lipinski definition) is 2. The highest BCUT2D eigenvalue weighted by Gasteiger charge is 2.01. The van der Waals surface area contributed by atoms with Gasteiger partial charge in [-0.05, 0) is 48.4 Å². The lowest BCUT2D eigenvalue weighted by Gasteiger charge is -2.12. The quantitative estimate of drug-likeness (QED) is 0.264. The Kier molecular flexibility index (Phi) is 10.6. The smallest absolute Gasteiger partial charge is 0.191 e. The molecule has 7 heteroatoms. The molecule has 0 aromatic heterocycles. The van der Waals surface area contributed by atoms with E-state index in [1.165, 1.54) is 12.1 Å². The molecule has 0 radical (unpaired) electrons. The molecule has 0 saturated heterocycles. The summed E-state index contributed by atoms with van der Waals surface area (Å²) in [6.07, 6.45) is 0.923. The molecule has 0 spiro atoms. The Morgan fingerprint density at radius 2 is 1.62 bits per heavy atom. The molecule has 0 bridgehead atoms. The molecule has 2 aromatic rings. The van der Waals surface area contributed by atoms with Gasteiger partial charge in [-0.3, -0.25) is 4.99 Å². The highest BCUT2D eigenvalue weighted by atomic mass is 127. The van der Waals surface area contributed by atoms with E-state index in [-0.39, 0.29) is 29.8 Å². The summed E-state index contributed by atoms with van der Waals surface area (Å²) >= 11 is 0. The van der Waals surface area contributed by atoms with Gasteiger partial charge in [0.1, 0.15) is 17.3 Å². The van der Waals surface area contributed by atoms with E-state index in [4.69, 9.17) is 9.47 Å². The molecule has 0 aliphatic carbocycles. The summed E-state index contributed by atoms with van der Waals surface area (Å²) in [6.45, 7) is 2.18. The van der Waals surface area contributed by atoms with Crippen molar-refractivity contribution in [1.82, 2.24) is 10.6 Å². The van der Waals surface area contributed by atoms with Crippen molar-refractivity contribution in [3.05, 3.63) is 59.9 Å². The summed E-state index contributed by atoms with van der Waals surface area (Å²) in [7, 11) is 3.43. The lowest BCUT2D eigenvalue weighted by atomic mass is 10.2. The molecular formula is C19H25FIN3O2. The minimum atomic E-state index is -0.280. The van der Waals surface area contributed by atoms with Crippen LogP contribution in [0.4, 0.5) is 4.39 Å². The molecule has 0 fully saturated rings. The summed E-state index contributed by atoms with van der Waals surface area (Å²) in [4.78, 5) is 4.18. The molecule has 0 aliphatic rings. The predicted molar refractivity (Wildman–Crippen MR) is 113 cm³/mol. The van der Waals surface area contributed by atoms with E-state index in [1.807, 2.05) is 24.3 Å². The number of guanidine groups is 1. The minimum absolute atomic E-state index is 0. The van der Waals surface area contributed by atoms with E-state index in [0.29, 0.717) is 18.0 Å². The second-order valence-corrected chi connectivity index (χ2v) is 5.40. The van der Waals surface area contributed by atoms with Crippen LogP contribution in [-0.4, -0.2) is 33.3 Å². The Morgan fingerprint density at radius 1 is 1.00 bits per heavy atom.